The number of fused-ring (bicyclic) bond motifs is 5. The monoisotopic (exact) mass is 458 g/mol. The summed E-state index contributed by atoms with van der Waals surface area (Å²) in [5.74, 6) is 1.46. The number of methoxy groups -OCH3 is 3. The number of rotatable bonds is 5. The third-order valence-corrected chi connectivity index (χ3v) is 6.94. The van der Waals surface area contributed by atoms with Crippen molar-refractivity contribution in [3.8, 4) is 23.0 Å². The summed E-state index contributed by atoms with van der Waals surface area (Å²) < 4.78 is 28.8. The van der Waals surface area contributed by atoms with Gasteiger partial charge >= 0.3 is 5.97 Å². The van der Waals surface area contributed by atoms with Crippen molar-refractivity contribution in [2.45, 2.75) is 17.3 Å². The summed E-state index contributed by atoms with van der Waals surface area (Å²) in [6.45, 7) is 0. The molecule has 0 radical (unpaired) electrons. The zero-order valence-electron chi connectivity index (χ0n) is 18.8. The number of aliphatic hydroxyl groups is 1. The highest BCUT2D eigenvalue weighted by atomic mass is 16.6. The normalized spacial score (nSPS) is 26.0. The predicted molar refractivity (Wildman–Crippen MR) is 122 cm³/mol. The third-order valence-electron chi connectivity index (χ3n) is 6.94. The number of ether oxygens (including phenoxy) is 5. The van der Waals surface area contributed by atoms with Gasteiger partial charge in [0.15, 0.2) is 17.3 Å². The molecule has 7 heteroatoms. The van der Waals surface area contributed by atoms with Crippen LogP contribution in [0.1, 0.15) is 16.7 Å². The van der Waals surface area contributed by atoms with Crippen LogP contribution in [0.15, 0.2) is 72.3 Å². The Hall–Kier alpha value is -3.97. The summed E-state index contributed by atoms with van der Waals surface area (Å²) in [7, 11) is 4.65. The van der Waals surface area contributed by atoms with Gasteiger partial charge in [0.25, 0.3) is 0 Å². The van der Waals surface area contributed by atoms with Gasteiger partial charge < -0.3 is 28.8 Å². The second kappa shape index (κ2) is 7.01. The lowest BCUT2D eigenvalue weighted by Gasteiger charge is -2.41. The Morgan fingerprint density at radius 1 is 0.882 bits per heavy atom. The molecule has 0 spiro atoms. The molecule has 34 heavy (non-hydrogen) atoms. The van der Waals surface area contributed by atoms with E-state index in [1.807, 2.05) is 42.5 Å². The van der Waals surface area contributed by atoms with Crippen molar-refractivity contribution >= 4 is 11.5 Å². The number of carbonyl (C=O) groups is 1. The Kier molecular flexibility index (Phi) is 4.25. The molecule has 0 aromatic heterocycles. The molecule has 7 nitrogen and oxygen atoms in total. The molecule has 0 bridgehead atoms. The van der Waals surface area contributed by atoms with Crippen molar-refractivity contribution in [1.29, 1.82) is 0 Å². The van der Waals surface area contributed by atoms with Crippen LogP contribution in [0.4, 0.5) is 0 Å². The van der Waals surface area contributed by atoms with Crippen LogP contribution in [0.3, 0.4) is 0 Å². The maximum atomic E-state index is 12.8. The van der Waals surface area contributed by atoms with Crippen molar-refractivity contribution in [2.24, 2.45) is 0 Å². The van der Waals surface area contributed by atoms with Gasteiger partial charge in [-0.15, -0.1) is 0 Å². The van der Waals surface area contributed by atoms with Gasteiger partial charge in [-0.1, -0.05) is 42.5 Å². The van der Waals surface area contributed by atoms with Crippen LogP contribution in [0.5, 0.6) is 23.0 Å². The maximum Gasteiger partial charge on any atom is 0.339 e. The molecule has 1 fully saturated rings. The minimum Gasteiger partial charge on any atom is -0.497 e. The van der Waals surface area contributed by atoms with Gasteiger partial charge in [0, 0.05) is 23.3 Å². The number of hydrogen-bond donors (Lipinski definition) is 1. The van der Waals surface area contributed by atoms with Gasteiger partial charge in [-0.2, -0.15) is 0 Å². The average Bonchev–Trinajstić information content (AvgIpc) is 3.24. The molecule has 3 aromatic rings. The van der Waals surface area contributed by atoms with Crippen LogP contribution >= 0.6 is 0 Å². The minimum atomic E-state index is -1.77. The lowest BCUT2D eigenvalue weighted by molar-refractivity contribution is -0.191. The van der Waals surface area contributed by atoms with E-state index in [9.17, 15) is 9.90 Å². The summed E-state index contributed by atoms with van der Waals surface area (Å²) in [6, 6.07) is 20.1. The number of benzene rings is 3. The topological polar surface area (TPSA) is 83.5 Å². The van der Waals surface area contributed by atoms with Crippen LogP contribution in [-0.4, -0.2) is 38.5 Å². The Bertz CT molecular complexity index is 1350. The summed E-state index contributed by atoms with van der Waals surface area (Å²) in [5.41, 5.74) is -0.479. The van der Waals surface area contributed by atoms with Gasteiger partial charge in [-0.05, 0) is 17.7 Å². The van der Waals surface area contributed by atoms with Crippen molar-refractivity contribution in [3.63, 3.8) is 0 Å². The smallest absolute Gasteiger partial charge is 0.339 e. The van der Waals surface area contributed by atoms with Crippen LogP contribution in [-0.2, 0) is 20.7 Å². The van der Waals surface area contributed by atoms with Gasteiger partial charge in [0.05, 0.1) is 32.5 Å². The van der Waals surface area contributed by atoms with Crippen molar-refractivity contribution in [1.82, 2.24) is 0 Å². The fraction of sp³-hybridized carbons (Fsp3) is 0.222. The molecule has 0 amide bonds. The predicted octanol–water partition coefficient (Wildman–Crippen LogP) is 3.58. The maximum absolute atomic E-state index is 12.8. The third kappa shape index (κ3) is 2.32. The van der Waals surface area contributed by atoms with E-state index >= 15 is 0 Å². The molecule has 1 saturated heterocycles. The first-order valence-corrected chi connectivity index (χ1v) is 10.8. The lowest BCUT2D eigenvalue weighted by Crippen LogP contribution is -2.56. The van der Waals surface area contributed by atoms with Crippen molar-refractivity contribution < 1.29 is 33.6 Å². The van der Waals surface area contributed by atoms with Crippen LogP contribution < -0.4 is 18.9 Å². The highest BCUT2D eigenvalue weighted by Crippen LogP contribution is 2.70. The fourth-order valence-electron chi connectivity index (χ4n) is 5.48. The fourth-order valence-corrected chi connectivity index (χ4v) is 5.48. The van der Waals surface area contributed by atoms with E-state index in [4.69, 9.17) is 23.7 Å². The molecule has 1 N–H and O–H groups in total. The molecule has 0 saturated carbocycles. The molecule has 172 valence electrons. The van der Waals surface area contributed by atoms with E-state index in [0.717, 1.165) is 5.56 Å². The largest absolute Gasteiger partial charge is 0.497 e. The first kappa shape index (κ1) is 20.6. The van der Waals surface area contributed by atoms with E-state index in [-0.39, 0.29) is 0 Å². The Balaban J connectivity index is 1.71. The second-order valence-electron chi connectivity index (χ2n) is 8.42. The van der Waals surface area contributed by atoms with Crippen LogP contribution in [0, 0.1) is 0 Å². The molecule has 6 rings (SSSR count). The van der Waals surface area contributed by atoms with E-state index in [2.05, 4.69) is 0 Å². The van der Waals surface area contributed by atoms with Gasteiger partial charge in [-0.3, -0.25) is 0 Å². The summed E-state index contributed by atoms with van der Waals surface area (Å²) >= 11 is 0. The van der Waals surface area contributed by atoms with E-state index < -0.39 is 23.3 Å². The molecular weight excluding hydrogens is 436 g/mol. The van der Waals surface area contributed by atoms with Gasteiger partial charge in [-0.25, -0.2) is 4.79 Å². The Morgan fingerprint density at radius 2 is 1.59 bits per heavy atom. The average molecular weight is 458 g/mol. The van der Waals surface area contributed by atoms with Crippen molar-refractivity contribution in [2.75, 3.05) is 21.3 Å². The second-order valence-corrected chi connectivity index (χ2v) is 8.42. The SMILES string of the molecule is COc1ccc([C@@]23Oc4cc(OC)cc(OC)c4[C@]2(O)[C@H]2OC(=O)C2=C3c2ccccc2)cc1. The van der Waals surface area contributed by atoms with Gasteiger partial charge in [0.2, 0.25) is 0 Å². The van der Waals surface area contributed by atoms with E-state index in [1.54, 1.807) is 38.5 Å². The molecule has 3 aromatic carbocycles. The molecule has 0 unspecified atom stereocenters. The molecule has 2 heterocycles. The number of esters is 1. The summed E-state index contributed by atoms with van der Waals surface area (Å²) in [5, 5.41) is 12.6. The zero-order chi connectivity index (χ0) is 23.7. The highest BCUT2D eigenvalue weighted by Gasteiger charge is 2.78. The molecule has 3 aliphatic rings. The zero-order valence-corrected chi connectivity index (χ0v) is 18.8. The minimum absolute atomic E-state index is 0.379. The number of hydrogen-bond acceptors (Lipinski definition) is 7. The first-order valence-electron chi connectivity index (χ1n) is 10.8. The van der Waals surface area contributed by atoms with Crippen LogP contribution in [0.2, 0.25) is 0 Å². The van der Waals surface area contributed by atoms with E-state index in [1.165, 1.54) is 7.11 Å². The number of carbonyl (C=O) groups excluding carboxylic acids is 1. The van der Waals surface area contributed by atoms with E-state index in [0.29, 0.717) is 45.3 Å². The molecule has 1 aliphatic carbocycles. The molecule has 3 atom stereocenters. The standard InChI is InChI=1S/C27H22O7/c1-30-17-11-9-16(10-12-17)27-22(15-7-5-4-6-8-15)21-24(33-25(21)28)26(27,29)23-19(32-3)13-18(31-2)14-20(23)34-27/h4-14,24,29H,1-3H3/t24-,26-,27-/m0/s1. The molecular formula is C27H22O7. The Labute approximate surface area is 196 Å². The van der Waals surface area contributed by atoms with Crippen LogP contribution in [0.25, 0.3) is 5.57 Å². The summed E-state index contributed by atoms with van der Waals surface area (Å²) in [6.07, 6.45) is -0.930. The quantitative estimate of drug-likeness (QED) is 0.585. The van der Waals surface area contributed by atoms with Crippen molar-refractivity contribution in [3.05, 3.63) is 89.0 Å². The first-order chi connectivity index (χ1) is 16.5. The lowest BCUT2D eigenvalue weighted by atomic mass is 9.71. The molecule has 2 aliphatic heterocycles. The summed E-state index contributed by atoms with van der Waals surface area (Å²) in [4.78, 5) is 12.8. The van der Waals surface area contributed by atoms with Gasteiger partial charge in [0.1, 0.15) is 23.0 Å². The Morgan fingerprint density at radius 3 is 2.21 bits per heavy atom. The highest BCUT2D eigenvalue weighted by molar-refractivity contribution is 6.09.